The van der Waals surface area contributed by atoms with E-state index < -0.39 is 0 Å². The summed E-state index contributed by atoms with van der Waals surface area (Å²) in [7, 11) is 0. The van der Waals surface area contributed by atoms with Crippen LogP contribution in [0.3, 0.4) is 0 Å². The zero-order chi connectivity index (χ0) is 18.6. The lowest BCUT2D eigenvalue weighted by Gasteiger charge is -2.33. The van der Waals surface area contributed by atoms with Crippen molar-refractivity contribution in [2.24, 2.45) is 5.92 Å². The molecule has 2 aliphatic rings. The van der Waals surface area contributed by atoms with Gasteiger partial charge >= 0.3 is 0 Å². The maximum absolute atomic E-state index is 13.1. The smallest absolute Gasteiger partial charge is 0.228 e. The van der Waals surface area contributed by atoms with Crippen LogP contribution in [0.4, 0.5) is 0 Å². The molecule has 2 aliphatic heterocycles. The quantitative estimate of drug-likeness (QED) is 0.833. The Kier molecular flexibility index (Phi) is 4.03. The largest absolute Gasteiger partial charge is 0.358 e. The summed E-state index contributed by atoms with van der Waals surface area (Å²) in [5.41, 5.74) is 3.15. The van der Waals surface area contributed by atoms with Crippen LogP contribution in [0.15, 0.2) is 18.2 Å². The summed E-state index contributed by atoms with van der Waals surface area (Å²) in [5, 5.41) is 1.79. The van der Waals surface area contributed by atoms with Crippen LogP contribution in [0.25, 0.3) is 10.9 Å². The van der Waals surface area contributed by atoms with E-state index in [4.69, 9.17) is 11.6 Å². The minimum absolute atomic E-state index is 0.0763. The number of likely N-dealkylation sites (tertiary alicyclic amines) is 1. The highest BCUT2D eigenvalue weighted by molar-refractivity contribution is 6.31. The zero-order valence-corrected chi connectivity index (χ0v) is 16.2. The Morgan fingerprint density at radius 3 is 2.77 bits per heavy atom. The average molecular weight is 374 g/mol. The monoisotopic (exact) mass is 373 g/mol. The maximum Gasteiger partial charge on any atom is 0.228 e. The Morgan fingerprint density at radius 1 is 1.31 bits per heavy atom. The Labute approximate surface area is 158 Å². The van der Waals surface area contributed by atoms with Crippen molar-refractivity contribution in [2.75, 3.05) is 13.1 Å². The van der Waals surface area contributed by atoms with E-state index >= 15 is 0 Å². The predicted octanol–water partition coefficient (Wildman–Crippen LogP) is 3.35. The first-order valence-electron chi connectivity index (χ1n) is 9.12. The third-order valence-electron chi connectivity index (χ3n) is 5.53. The summed E-state index contributed by atoms with van der Waals surface area (Å²) < 4.78 is 0. The van der Waals surface area contributed by atoms with E-state index in [0.29, 0.717) is 31.1 Å². The Hall–Kier alpha value is -2.01. The van der Waals surface area contributed by atoms with Crippen molar-refractivity contribution in [3.05, 3.63) is 34.5 Å². The molecule has 138 valence electrons. The summed E-state index contributed by atoms with van der Waals surface area (Å²) in [6.07, 6.45) is 1.12. The molecule has 0 bridgehead atoms. The minimum atomic E-state index is -0.241. The summed E-state index contributed by atoms with van der Waals surface area (Å²) in [6, 6.07) is 5.82. The number of H-pyrrole nitrogens is 1. The van der Waals surface area contributed by atoms with E-state index in [0.717, 1.165) is 22.9 Å². The van der Waals surface area contributed by atoms with Gasteiger partial charge in [0.1, 0.15) is 0 Å². The van der Waals surface area contributed by atoms with Crippen LogP contribution in [-0.4, -0.2) is 45.2 Å². The second-order valence-corrected chi connectivity index (χ2v) is 8.79. The van der Waals surface area contributed by atoms with Gasteiger partial charge in [-0.15, -0.1) is 0 Å². The molecule has 2 aromatic rings. The van der Waals surface area contributed by atoms with Crippen LogP contribution in [0, 0.1) is 5.92 Å². The number of hydrogen-bond donors (Lipinski definition) is 1. The first-order valence-corrected chi connectivity index (χ1v) is 9.50. The number of fused-ring (bicyclic) bond motifs is 3. The van der Waals surface area contributed by atoms with Crippen molar-refractivity contribution in [2.45, 2.75) is 45.7 Å². The van der Waals surface area contributed by atoms with Gasteiger partial charge in [0, 0.05) is 65.2 Å². The minimum Gasteiger partial charge on any atom is -0.358 e. The fourth-order valence-corrected chi connectivity index (χ4v) is 4.33. The van der Waals surface area contributed by atoms with Crippen molar-refractivity contribution < 1.29 is 9.59 Å². The van der Waals surface area contributed by atoms with Gasteiger partial charge in [-0.3, -0.25) is 9.59 Å². The highest BCUT2D eigenvalue weighted by Crippen LogP contribution is 2.32. The molecule has 4 rings (SSSR count). The summed E-state index contributed by atoms with van der Waals surface area (Å²) in [5.74, 6) is -0.0726. The molecule has 0 unspecified atom stereocenters. The Bertz CT molecular complexity index is 896. The maximum atomic E-state index is 13.1. The fraction of sp³-hybridized carbons (Fsp3) is 0.500. The Morgan fingerprint density at radius 2 is 2.08 bits per heavy atom. The van der Waals surface area contributed by atoms with Gasteiger partial charge in [-0.2, -0.15) is 0 Å². The van der Waals surface area contributed by atoms with E-state index in [1.54, 1.807) is 0 Å². The van der Waals surface area contributed by atoms with Gasteiger partial charge < -0.3 is 14.8 Å². The van der Waals surface area contributed by atoms with E-state index in [1.165, 1.54) is 5.69 Å². The number of aromatic amines is 1. The van der Waals surface area contributed by atoms with Crippen LogP contribution in [0.2, 0.25) is 5.02 Å². The molecule has 26 heavy (non-hydrogen) atoms. The highest BCUT2D eigenvalue weighted by atomic mass is 35.5. The molecule has 1 aromatic heterocycles. The lowest BCUT2D eigenvalue weighted by atomic mass is 10.0. The number of rotatable bonds is 1. The van der Waals surface area contributed by atoms with Crippen molar-refractivity contribution in [1.82, 2.24) is 14.8 Å². The van der Waals surface area contributed by atoms with Crippen LogP contribution in [-0.2, 0) is 22.6 Å². The summed E-state index contributed by atoms with van der Waals surface area (Å²) in [4.78, 5) is 32.6. The van der Waals surface area contributed by atoms with Gasteiger partial charge in [0.2, 0.25) is 11.8 Å². The van der Waals surface area contributed by atoms with E-state index in [2.05, 4.69) is 4.98 Å². The lowest BCUT2D eigenvalue weighted by Crippen LogP contribution is -2.44. The molecular weight excluding hydrogens is 350 g/mol. The number of nitrogens with zero attached hydrogens (tertiary/aromatic N) is 2. The highest BCUT2D eigenvalue weighted by Gasteiger charge is 2.41. The van der Waals surface area contributed by atoms with Crippen molar-refractivity contribution in [3.63, 3.8) is 0 Å². The molecule has 3 heterocycles. The lowest BCUT2D eigenvalue weighted by molar-refractivity contribution is -0.136. The normalized spacial score (nSPS) is 20.8. The number of benzene rings is 1. The van der Waals surface area contributed by atoms with Gasteiger partial charge in [-0.25, -0.2) is 0 Å². The van der Waals surface area contributed by atoms with Gasteiger partial charge in [-0.05, 0) is 39.0 Å². The van der Waals surface area contributed by atoms with Crippen LogP contribution in [0.1, 0.15) is 38.4 Å². The summed E-state index contributed by atoms with van der Waals surface area (Å²) >= 11 is 6.16. The standard InChI is InChI=1S/C20H24ClN3O2/c1-20(2,3)24-10-12(8-18(24)25)19(26)23-7-6-17-15(11-23)14-9-13(21)4-5-16(14)22-17/h4-5,9,12,22H,6-8,10-11H2,1-3H3/t12-/m1/s1. The van der Waals surface area contributed by atoms with E-state index in [-0.39, 0.29) is 23.3 Å². The molecule has 1 atom stereocenters. The van der Waals surface area contributed by atoms with Crippen molar-refractivity contribution in [1.29, 1.82) is 0 Å². The van der Waals surface area contributed by atoms with Crippen LogP contribution >= 0.6 is 11.6 Å². The molecule has 0 aliphatic carbocycles. The van der Waals surface area contributed by atoms with Gasteiger partial charge in [0.25, 0.3) is 0 Å². The molecule has 6 heteroatoms. The molecule has 1 saturated heterocycles. The zero-order valence-electron chi connectivity index (χ0n) is 15.4. The molecular formula is C20H24ClN3O2. The molecule has 0 radical (unpaired) electrons. The first-order chi connectivity index (χ1) is 12.2. The van der Waals surface area contributed by atoms with Gasteiger partial charge in [-0.1, -0.05) is 11.6 Å². The molecule has 0 saturated carbocycles. The first kappa shape index (κ1) is 17.4. The van der Waals surface area contributed by atoms with E-state index in [1.807, 2.05) is 48.8 Å². The molecule has 5 nitrogen and oxygen atoms in total. The molecule has 2 amide bonds. The third kappa shape index (κ3) is 2.88. The van der Waals surface area contributed by atoms with Gasteiger partial charge in [0.05, 0.1) is 5.92 Å². The topological polar surface area (TPSA) is 56.4 Å². The second kappa shape index (κ2) is 6.02. The number of halogens is 1. The number of hydrogen-bond acceptors (Lipinski definition) is 2. The number of carbonyl (C=O) groups is 2. The van der Waals surface area contributed by atoms with E-state index in [9.17, 15) is 9.59 Å². The van der Waals surface area contributed by atoms with Crippen LogP contribution in [0.5, 0.6) is 0 Å². The number of nitrogens with one attached hydrogen (secondary N) is 1. The van der Waals surface area contributed by atoms with Crippen molar-refractivity contribution in [3.8, 4) is 0 Å². The SMILES string of the molecule is CC(C)(C)N1C[C@H](C(=O)N2CCc3[nH]c4ccc(Cl)cc4c3C2)CC1=O. The number of amides is 2. The van der Waals surface area contributed by atoms with Gasteiger partial charge in [0.15, 0.2) is 0 Å². The second-order valence-electron chi connectivity index (χ2n) is 8.36. The molecule has 0 spiro atoms. The number of aromatic nitrogens is 1. The van der Waals surface area contributed by atoms with Crippen molar-refractivity contribution >= 4 is 34.3 Å². The molecule has 1 fully saturated rings. The predicted molar refractivity (Wildman–Crippen MR) is 102 cm³/mol. The molecule has 1 N–H and O–H groups in total. The average Bonchev–Trinajstić information content (AvgIpc) is 3.14. The van der Waals surface area contributed by atoms with Crippen LogP contribution < -0.4 is 0 Å². The molecule has 1 aromatic carbocycles. The third-order valence-corrected chi connectivity index (χ3v) is 5.77. The fourth-order valence-electron chi connectivity index (χ4n) is 4.15. The number of carbonyl (C=O) groups excluding carboxylic acids is 2. The summed E-state index contributed by atoms with van der Waals surface area (Å²) in [6.45, 7) is 7.83. The Balaban J connectivity index is 1.56.